The topological polar surface area (TPSA) is 60.1 Å². The van der Waals surface area contributed by atoms with Crippen molar-refractivity contribution in [3.8, 4) is 11.5 Å². The number of fused-ring (bicyclic) bond motifs is 1. The van der Waals surface area contributed by atoms with E-state index in [2.05, 4.69) is 43.8 Å². The van der Waals surface area contributed by atoms with Crippen LogP contribution in [0, 0.1) is 5.92 Å². The number of aryl methyl sites for hydroxylation is 1. The Morgan fingerprint density at radius 1 is 1.31 bits per heavy atom. The molecule has 4 heterocycles. The second-order valence-corrected chi connectivity index (χ2v) is 6.88. The lowest BCUT2D eigenvalue weighted by Crippen LogP contribution is -2.28. The van der Waals surface area contributed by atoms with Crippen molar-refractivity contribution < 1.29 is 4.74 Å². The Hall–Kier alpha value is -1.12. The summed E-state index contributed by atoms with van der Waals surface area (Å²) in [5.74, 6) is 1.44. The van der Waals surface area contributed by atoms with Crippen molar-refractivity contribution in [2.75, 3.05) is 39.9 Å². The molecule has 7 nitrogen and oxygen atoms in total. The average Bonchev–Trinajstić information content (AvgIpc) is 3.05. The van der Waals surface area contributed by atoms with Crippen molar-refractivity contribution in [1.29, 1.82) is 0 Å². The lowest BCUT2D eigenvalue weighted by atomic mass is 10.1. The van der Waals surface area contributed by atoms with Gasteiger partial charge in [0.2, 0.25) is 0 Å². The third kappa shape index (κ3) is 4.78. The SMILES string of the molecule is CN1CCOCC(Cn2ccnc2-c2cc3n(n2)CCCNC3)C1.Cl.Cl. The van der Waals surface area contributed by atoms with Crippen LogP contribution in [0.25, 0.3) is 11.5 Å². The molecule has 0 amide bonds. The van der Waals surface area contributed by atoms with E-state index in [0.29, 0.717) is 5.92 Å². The number of halogens is 2. The summed E-state index contributed by atoms with van der Waals surface area (Å²) in [7, 11) is 2.16. The molecule has 1 fully saturated rings. The summed E-state index contributed by atoms with van der Waals surface area (Å²) in [6, 6.07) is 2.17. The van der Waals surface area contributed by atoms with Gasteiger partial charge in [-0.2, -0.15) is 5.10 Å². The third-order valence-corrected chi connectivity index (χ3v) is 4.83. The fraction of sp³-hybridized carbons (Fsp3) is 0.647. The first-order chi connectivity index (χ1) is 11.8. The summed E-state index contributed by atoms with van der Waals surface area (Å²) in [6.07, 6.45) is 5.05. The molecule has 0 bridgehead atoms. The molecular formula is C17H28Cl2N6O. The van der Waals surface area contributed by atoms with Gasteiger partial charge in [-0.1, -0.05) is 0 Å². The molecule has 2 aliphatic rings. The molecule has 1 unspecified atom stereocenters. The molecule has 146 valence electrons. The molecule has 2 aliphatic heterocycles. The molecule has 1 atom stereocenters. The average molecular weight is 403 g/mol. The zero-order valence-electron chi connectivity index (χ0n) is 15.1. The van der Waals surface area contributed by atoms with Gasteiger partial charge in [0, 0.05) is 51.0 Å². The number of hydrogen-bond acceptors (Lipinski definition) is 5. The van der Waals surface area contributed by atoms with E-state index in [1.54, 1.807) is 0 Å². The van der Waals surface area contributed by atoms with Crippen LogP contribution in [0.2, 0.25) is 0 Å². The summed E-state index contributed by atoms with van der Waals surface area (Å²) in [5, 5.41) is 8.24. The monoisotopic (exact) mass is 402 g/mol. The fourth-order valence-corrected chi connectivity index (χ4v) is 3.60. The second kappa shape index (κ2) is 9.71. The third-order valence-electron chi connectivity index (χ3n) is 4.83. The van der Waals surface area contributed by atoms with Crippen LogP contribution < -0.4 is 5.32 Å². The zero-order chi connectivity index (χ0) is 16.4. The van der Waals surface area contributed by atoms with Crippen LogP contribution in [-0.4, -0.2) is 64.1 Å². The number of nitrogens with zero attached hydrogens (tertiary/aromatic N) is 5. The molecule has 0 saturated carbocycles. The number of likely N-dealkylation sites (N-methyl/N-ethyl adjacent to an activating group) is 1. The number of ether oxygens (including phenoxy) is 1. The quantitative estimate of drug-likeness (QED) is 0.845. The van der Waals surface area contributed by atoms with E-state index in [-0.39, 0.29) is 24.8 Å². The van der Waals surface area contributed by atoms with Gasteiger partial charge in [0.25, 0.3) is 0 Å². The lowest BCUT2D eigenvalue weighted by molar-refractivity contribution is 0.117. The Kier molecular flexibility index (Phi) is 7.91. The van der Waals surface area contributed by atoms with Crippen LogP contribution in [0.3, 0.4) is 0 Å². The van der Waals surface area contributed by atoms with Crippen LogP contribution >= 0.6 is 24.8 Å². The molecule has 0 radical (unpaired) electrons. The Balaban J connectivity index is 0.00000121. The first-order valence-electron chi connectivity index (χ1n) is 8.85. The maximum Gasteiger partial charge on any atom is 0.160 e. The molecular weight excluding hydrogens is 375 g/mol. The van der Waals surface area contributed by atoms with Crippen LogP contribution in [0.4, 0.5) is 0 Å². The van der Waals surface area contributed by atoms with Crippen molar-refractivity contribution in [1.82, 2.24) is 29.5 Å². The van der Waals surface area contributed by atoms with Gasteiger partial charge in [0.1, 0.15) is 5.69 Å². The van der Waals surface area contributed by atoms with Crippen LogP contribution in [0.5, 0.6) is 0 Å². The molecule has 26 heavy (non-hydrogen) atoms. The first-order valence-corrected chi connectivity index (χ1v) is 8.85. The number of aromatic nitrogens is 4. The molecule has 0 aromatic carbocycles. The smallest absolute Gasteiger partial charge is 0.160 e. The van der Waals surface area contributed by atoms with E-state index < -0.39 is 0 Å². The summed E-state index contributed by atoms with van der Waals surface area (Å²) < 4.78 is 10.1. The van der Waals surface area contributed by atoms with Gasteiger partial charge in [-0.3, -0.25) is 4.68 Å². The first kappa shape index (κ1) is 21.2. The summed E-state index contributed by atoms with van der Waals surface area (Å²) in [5.41, 5.74) is 2.22. The normalized spacial score (nSPS) is 21.0. The van der Waals surface area contributed by atoms with Crippen molar-refractivity contribution in [3.05, 3.63) is 24.2 Å². The van der Waals surface area contributed by atoms with Crippen LogP contribution in [-0.2, 0) is 24.4 Å². The van der Waals surface area contributed by atoms with Gasteiger partial charge in [-0.25, -0.2) is 4.98 Å². The Morgan fingerprint density at radius 2 is 2.19 bits per heavy atom. The summed E-state index contributed by atoms with van der Waals surface area (Å²) >= 11 is 0. The summed E-state index contributed by atoms with van der Waals surface area (Å²) in [6.45, 7) is 7.54. The minimum absolute atomic E-state index is 0. The van der Waals surface area contributed by atoms with Gasteiger partial charge < -0.3 is 19.5 Å². The predicted molar refractivity (Wildman–Crippen MR) is 106 cm³/mol. The van der Waals surface area contributed by atoms with Gasteiger partial charge in [-0.05, 0) is 26.1 Å². The molecule has 0 spiro atoms. The highest BCUT2D eigenvalue weighted by Gasteiger charge is 2.20. The Labute approximate surface area is 166 Å². The van der Waals surface area contributed by atoms with Crippen molar-refractivity contribution in [2.24, 2.45) is 5.92 Å². The Bertz CT molecular complexity index is 665. The minimum atomic E-state index is 0. The van der Waals surface area contributed by atoms with Crippen LogP contribution in [0.15, 0.2) is 18.5 Å². The van der Waals surface area contributed by atoms with Crippen molar-refractivity contribution in [3.63, 3.8) is 0 Å². The molecule has 4 rings (SSSR count). The largest absolute Gasteiger partial charge is 0.380 e. The summed E-state index contributed by atoms with van der Waals surface area (Å²) in [4.78, 5) is 6.92. The molecule has 1 saturated heterocycles. The zero-order valence-corrected chi connectivity index (χ0v) is 16.8. The number of rotatable bonds is 3. The second-order valence-electron chi connectivity index (χ2n) is 6.88. The highest BCUT2D eigenvalue weighted by molar-refractivity contribution is 5.85. The highest BCUT2D eigenvalue weighted by Crippen LogP contribution is 2.20. The van der Waals surface area contributed by atoms with E-state index in [0.717, 1.165) is 70.4 Å². The number of imidazole rings is 1. The van der Waals surface area contributed by atoms with Crippen molar-refractivity contribution in [2.45, 2.75) is 26.1 Å². The van der Waals surface area contributed by atoms with E-state index in [4.69, 9.17) is 9.84 Å². The fourth-order valence-electron chi connectivity index (χ4n) is 3.60. The lowest BCUT2D eigenvalue weighted by Gasteiger charge is -2.20. The number of nitrogens with one attached hydrogen (secondary N) is 1. The van der Waals surface area contributed by atoms with Crippen LogP contribution in [0.1, 0.15) is 12.1 Å². The molecule has 2 aromatic rings. The van der Waals surface area contributed by atoms with Gasteiger partial charge in [0.05, 0.1) is 18.9 Å². The van der Waals surface area contributed by atoms with Gasteiger partial charge in [0.15, 0.2) is 5.82 Å². The van der Waals surface area contributed by atoms with Gasteiger partial charge in [-0.15, -0.1) is 24.8 Å². The molecule has 2 aromatic heterocycles. The van der Waals surface area contributed by atoms with E-state index in [1.807, 2.05) is 6.20 Å². The standard InChI is InChI=1S/C17H26N6O.2ClH/c1-21-7-8-24-13-14(11-21)12-22-6-4-19-17(22)16-9-15-10-18-3-2-5-23(15)20-16;;/h4,6,9,14,18H,2-3,5,7-8,10-13H2,1H3;2*1H. The van der Waals surface area contributed by atoms with Crippen molar-refractivity contribution >= 4 is 24.8 Å². The van der Waals surface area contributed by atoms with Gasteiger partial charge >= 0.3 is 0 Å². The minimum Gasteiger partial charge on any atom is -0.380 e. The maximum atomic E-state index is 5.75. The van der Waals surface area contributed by atoms with E-state index >= 15 is 0 Å². The Morgan fingerprint density at radius 3 is 3.08 bits per heavy atom. The van der Waals surface area contributed by atoms with E-state index in [9.17, 15) is 0 Å². The van der Waals surface area contributed by atoms with E-state index in [1.165, 1.54) is 5.69 Å². The molecule has 9 heteroatoms. The molecule has 0 aliphatic carbocycles. The maximum absolute atomic E-state index is 5.75. The number of hydrogen-bond donors (Lipinski definition) is 1. The molecule has 1 N–H and O–H groups in total. The highest BCUT2D eigenvalue weighted by atomic mass is 35.5. The predicted octanol–water partition coefficient (Wildman–Crippen LogP) is 1.66.